The molecule has 0 amide bonds. The van der Waals surface area contributed by atoms with Gasteiger partial charge >= 0.3 is 0 Å². The lowest BCUT2D eigenvalue weighted by Crippen LogP contribution is -2.25. The summed E-state index contributed by atoms with van der Waals surface area (Å²) >= 11 is 0. The minimum absolute atomic E-state index is 0.466. The van der Waals surface area contributed by atoms with Crippen molar-refractivity contribution in [2.24, 2.45) is 0 Å². The standard InChI is InChI=1S/C51H29N3O/c1-2-14-31-29-45-39(27-30(31)13-1)37-18-6-11-23-44(37)54(45)50-52-47(49-48(53-50)38-19-7-12-24-46(38)55-49)32-25-26-36-35-17-5-10-22-42(35)51(43(36)28-32)40-20-8-3-15-33(40)34-16-4-9-21-41(34)51/h1-29H. The smallest absolute Gasteiger partial charge is 0.236 e. The van der Waals surface area contributed by atoms with Gasteiger partial charge in [0.15, 0.2) is 5.58 Å². The second-order valence-corrected chi connectivity index (χ2v) is 14.9. The summed E-state index contributed by atoms with van der Waals surface area (Å²) in [5.41, 5.74) is 16.0. The lowest BCUT2D eigenvalue weighted by molar-refractivity contribution is 0.666. The molecule has 0 bridgehead atoms. The Bertz CT molecular complexity index is 3390. The van der Waals surface area contributed by atoms with Gasteiger partial charge in [0.1, 0.15) is 16.8 Å². The lowest BCUT2D eigenvalue weighted by atomic mass is 9.70. The zero-order valence-corrected chi connectivity index (χ0v) is 29.5. The molecule has 4 nitrogen and oxygen atoms in total. The number of aromatic nitrogens is 3. The van der Waals surface area contributed by atoms with Crippen molar-refractivity contribution in [2.75, 3.05) is 0 Å². The van der Waals surface area contributed by atoms with Gasteiger partial charge in [0.2, 0.25) is 5.95 Å². The van der Waals surface area contributed by atoms with Crippen LogP contribution in [-0.4, -0.2) is 14.5 Å². The molecule has 13 rings (SSSR count). The molecule has 11 aromatic rings. The van der Waals surface area contributed by atoms with Crippen LogP contribution >= 0.6 is 0 Å². The fourth-order valence-corrected chi connectivity index (χ4v) is 9.99. The van der Waals surface area contributed by atoms with E-state index in [-0.39, 0.29) is 0 Å². The average Bonchev–Trinajstić information content (AvgIpc) is 3.96. The van der Waals surface area contributed by atoms with Gasteiger partial charge in [-0.25, -0.2) is 9.97 Å². The van der Waals surface area contributed by atoms with Crippen LogP contribution in [0.15, 0.2) is 180 Å². The molecule has 0 atom stereocenters. The molecule has 0 saturated carbocycles. The van der Waals surface area contributed by atoms with Crippen molar-refractivity contribution in [3.8, 4) is 39.5 Å². The summed E-state index contributed by atoms with van der Waals surface area (Å²) in [7, 11) is 0. The van der Waals surface area contributed by atoms with Crippen molar-refractivity contribution in [3.63, 3.8) is 0 Å². The highest BCUT2D eigenvalue weighted by molar-refractivity contribution is 6.14. The van der Waals surface area contributed by atoms with E-state index in [2.05, 4.69) is 168 Å². The third kappa shape index (κ3) is 3.66. The number of rotatable bonds is 2. The number of furan rings is 1. The first-order valence-corrected chi connectivity index (χ1v) is 18.8. The molecule has 1 spiro atoms. The number of nitrogens with zero attached hydrogens (tertiary/aromatic N) is 3. The zero-order valence-electron chi connectivity index (χ0n) is 29.5. The molecule has 3 heterocycles. The highest BCUT2D eigenvalue weighted by atomic mass is 16.3. The molecule has 0 N–H and O–H groups in total. The average molecular weight is 700 g/mol. The van der Waals surface area contributed by atoms with E-state index in [1.54, 1.807) is 0 Å². The molecule has 0 unspecified atom stereocenters. The van der Waals surface area contributed by atoms with E-state index in [0.717, 1.165) is 38.8 Å². The van der Waals surface area contributed by atoms with E-state index in [4.69, 9.17) is 14.4 Å². The third-order valence-corrected chi connectivity index (χ3v) is 12.2. The summed E-state index contributed by atoms with van der Waals surface area (Å²) in [6.07, 6.45) is 0. The van der Waals surface area contributed by atoms with E-state index in [1.807, 2.05) is 12.1 Å². The van der Waals surface area contributed by atoms with Crippen LogP contribution in [0.1, 0.15) is 22.3 Å². The van der Waals surface area contributed by atoms with E-state index >= 15 is 0 Å². The van der Waals surface area contributed by atoms with Crippen LogP contribution in [0.3, 0.4) is 0 Å². The first-order valence-electron chi connectivity index (χ1n) is 18.8. The van der Waals surface area contributed by atoms with Crippen LogP contribution < -0.4 is 0 Å². The number of fused-ring (bicyclic) bond motifs is 17. The summed E-state index contributed by atoms with van der Waals surface area (Å²) in [6, 6.07) is 63.6. The minimum atomic E-state index is -0.466. The molecule has 55 heavy (non-hydrogen) atoms. The predicted molar refractivity (Wildman–Crippen MR) is 223 cm³/mol. The Morgan fingerprint density at radius 2 is 1.02 bits per heavy atom. The van der Waals surface area contributed by atoms with E-state index in [9.17, 15) is 0 Å². The van der Waals surface area contributed by atoms with Crippen LogP contribution in [0.4, 0.5) is 0 Å². The lowest BCUT2D eigenvalue weighted by Gasteiger charge is -2.30. The highest BCUT2D eigenvalue weighted by Gasteiger charge is 2.51. The van der Waals surface area contributed by atoms with E-state index < -0.39 is 5.41 Å². The second-order valence-electron chi connectivity index (χ2n) is 14.9. The first kappa shape index (κ1) is 29.2. The normalized spacial score (nSPS) is 13.6. The predicted octanol–water partition coefficient (Wildman–Crippen LogP) is 12.6. The molecule has 0 radical (unpaired) electrons. The monoisotopic (exact) mass is 699 g/mol. The largest absolute Gasteiger partial charge is 0.452 e. The molecule has 254 valence electrons. The van der Waals surface area contributed by atoms with Gasteiger partial charge in [0.05, 0.1) is 16.4 Å². The van der Waals surface area contributed by atoms with Crippen LogP contribution in [0, 0.1) is 0 Å². The summed E-state index contributed by atoms with van der Waals surface area (Å²) in [6.45, 7) is 0. The summed E-state index contributed by atoms with van der Waals surface area (Å²) in [5, 5.41) is 5.69. The molecule has 2 aliphatic rings. The Morgan fingerprint density at radius 1 is 0.436 bits per heavy atom. The number of hydrogen-bond acceptors (Lipinski definition) is 3. The molecule has 0 aliphatic heterocycles. The topological polar surface area (TPSA) is 43.9 Å². The summed E-state index contributed by atoms with van der Waals surface area (Å²) in [5.74, 6) is 0.616. The Balaban J connectivity index is 1.14. The van der Waals surface area contributed by atoms with Crippen LogP contribution in [0.25, 0.3) is 94.1 Å². The maximum atomic E-state index is 6.72. The Labute approximate surface area is 315 Å². The van der Waals surface area contributed by atoms with Crippen molar-refractivity contribution in [1.82, 2.24) is 14.5 Å². The second kappa shape index (κ2) is 10.4. The van der Waals surface area contributed by atoms with Gasteiger partial charge in [-0.05, 0) is 91.7 Å². The van der Waals surface area contributed by atoms with Gasteiger partial charge in [0, 0.05) is 21.7 Å². The van der Waals surface area contributed by atoms with Crippen LogP contribution in [0.5, 0.6) is 0 Å². The molecule has 2 aliphatic carbocycles. The molecule has 8 aromatic carbocycles. The molecule has 3 aromatic heterocycles. The fraction of sp³-hybridized carbons (Fsp3) is 0.0196. The third-order valence-electron chi connectivity index (χ3n) is 12.2. The Hall–Kier alpha value is -7.30. The van der Waals surface area contributed by atoms with Gasteiger partial charge in [-0.1, -0.05) is 140 Å². The number of para-hydroxylation sites is 2. The molecular formula is C51H29N3O. The van der Waals surface area contributed by atoms with Crippen molar-refractivity contribution in [2.45, 2.75) is 5.41 Å². The minimum Gasteiger partial charge on any atom is -0.452 e. The number of hydrogen-bond donors (Lipinski definition) is 0. The maximum Gasteiger partial charge on any atom is 0.236 e. The molecule has 4 heteroatoms. The Morgan fingerprint density at radius 3 is 1.75 bits per heavy atom. The van der Waals surface area contributed by atoms with E-state index in [0.29, 0.717) is 11.5 Å². The Kier molecular flexibility index (Phi) is 5.54. The van der Waals surface area contributed by atoms with Gasteiger partial charge in [0.25, 0.3) is 0 Å². The summed E-state index contributed by atoms with van der Waals surface area (Å²) in [4.78, 5) is 10.9. The van der Waals surface area contributed by atoms with Crippen molar-refractivity contribution >= 4 is 54.6 Å². The highest BCUT2D eigenvalue weighted by Crippen LogP contribution is 2.63. The molecule has 0 fully saturated rings. The van der Waals surface area contributed by atoms with E-state index in [1.165, 1.54) is 66.1 Å². The zero-order chi connectivity index (χ0) is 35.8. The van der Waals surface area contributed by atoms with Crippen LogP contribution in [0.2, 0.25) is 0 Å². The SMILES string of the molecule is c1ccc2c(c1)-c1ccccc1C21c2ccccc2-c2ccc(-c3nc(-n4c5ccccc5c5cc6ccccc6cc54)nc4c3oc3ccccc34)cc21. The first-order chi connectivity index (χ1) is 27.3. The van der Waals surface area contributed by atoms with Gasteiger partial charge < -0.3 is 4.42 Å². The van der Waals surface area contributed by atoms with Crippen LogP contribution in [-0.2, 0) is 5.41 Å². The molecular weight excluding hydrogens is 671 g/mol. The fourth-order valence-electron chi connectivity index (χ4n) is 9.99. The van der Waals surface area contributed by atoms with Crippen molar-refractivity contribution < 1.29 is 4.42 Å². The summed E-state index contributed by atoms with van der Waals surface area (Å²) < 4.78 is 8.95. The van der Waals surface area contributed by atoms with Crippen molar-refractivity contribution in [1.29, 1.82) is 0 Å². The van der Waals surface area contributed by atoms with Gasteiger partial charge in [-0.2, -0.15) is 0 Å². The molecule has 0 saturated heterocycles. The van der Waals surface area contributed by atoms with Gasteiger partial charge in [-0.15, -0.1) is 0 Å². The van der Waals surface area contributed by atoms with Gasteiger partial charge in [-0.3, -0.25) is 4.57 Å². The van der Waals surface area contributed by atoms with Crippen molar-refractivity contribution in [3.05, 3.63) is 198 Å². The number of benzene rings is 8. The maximum absolute atomic E-state index is 6.72. The quantitative estimate of drug-likeness (QED) is 0.180.